The Hall–Kier alpha value is -3.44. The zero-order chi connectivity index (χ0) is 20.1. The molecule has 0 bridgehead atoms. The summed E-state index contributed by atoms with van der Waals surface area (Å²) in [6, 6.07) is 22.9. The number of fused-ring (bicyclic) bond motifs is 4. The summed E-state index contributed by atoms with van der Waals surface area (Å²) in [5.41, 5.74) is 9.19. The van der Waals surface area contributed by atoms with Gasteiger partial charge in [-0.2, -0.15) is 5.01 Å². The van der Waals surface area contributed by atoms with Gasteiger partial charge in [0.05, 0.1) is 11.7 Å². The van der Waals surface area contributed by atoms with Crippen LogP contribution in [0.4, 0.5) is 0 Å². The van der Waals surface area contributed by atoms with E-state index in [9.17, 15) is 0 Å². The summed E-state index contributed by atoms with van der Waals surface area (Å²) in [6.45, 7) is 3.28. The van der Waals surface area contributed by atoms with E-state index in [1.807, 2.05) is 24.3 Å². The lowest BCUT2D eigenvalue weighted by molar-refractivity contribution is -0.0326. The standard InChI is InChI=1S/C25H22N2O3/c1-16-5-4-6-18(13-16)25-27-21(19-7-2-3-8-22(19)30-25)15-20(26-27)17-9-10-23-24(14-17)29-12-11-28-23/h2-10,13-15,21,25-26H,11-12H2,1H3/t21-,25+/m1/s1. The first kappa shape index (κ1) is 17.4. The van der Waals surface area contributed by atoms with E-state index in [0.29, 0.717) is 13.2 Å². The SMILES string of the molecule is Cc1cccc([C@@H]2Oc3ccccc3[C@H]3C=C(c4ccc5c(c4)OCCO5)NN32)c1. The molecule has 1 N–H and O–H groups in total. The van der Waals surface area contributed by atoms with Crippen molar-refractivity contribution >= 4 is 5.70 Å². The second kappa shape index (κ2) is 6.82. The maximum Gasteiger partial charge on any atom is 0.195 e. The van der Waals surface area contributed by atoms with Crippen molar-refractivity contribution in [3.63, 3.8) is 0 Å². The lowest BCUT2D eigenvalue weighted by Crippen LogP contribution is -2.43. The Balaban J connectivity index is 1.41. The van der Waals surface area contributed by atoms with E-state index in [0.717, 1.165) is 39.6 Å². The second-order valence-corrected chi connectivity index (χ2v) is 7.82. The van der Waals surface area contributed by atoms with Crippen LogP contribution in [-0.4, -0.2) is 18.2 Å². The molecule has 0 amide bonds. The average Bonchev–Trinajstić information content (AvgIpc) is 3.24. The van der Waals surface area contributed by atoms with Crippen molar-refractivity contribution in [1.82, 2.24) is 10.4 Å². The van der Waals surface area contributed by atoms with E-state index >= 15 is 0 Å². The van der Waals surface area contributed by atoms with Crippen molar-refractivity contribution in [2.75, 3.05) is 13.2 Å². The minimum atomic E-state index is -0.226. The van der Waals surface area contributed by atoms with Gasteiger partial charge in [0.15, 0.2) is 17.7 Å². The molecule has 3 aliphatic heterocycles. The van der Waals surface area contributed by atoms with Crippen LogP contribution in [-0.2, 0) is 0 Å². The van der Waals surface area contributed by atoms with Crippen LogP contribution in [0.2, 0.25) is 0 Å². The molecule has 3 aromatic rings. The maximum absolute atomic E-state index is 6.45. The van der Waals surface area contributed by atoms with E-state index in [1.54, 1.807) is 0 Å². The highest BCUT2D eigenvalue weighted by Crippen LogP contribution is 2.46. The first-order chi connectivity index (χ1) is 14.8. The monoisotopic (exact) mass is 398 g/mol. The Morgan fingerprint density at radius 2 is 1.73 bits per heavy atom. The Bertz CT molecular complexity index is 1160. The van der Waals surface area contributed by atoms with Crippen LogP contribution in [0.15, 0.2) is 72.8 Å². The van der Waals surface area contributed by atoms with Gasteiger partial charge in [-0.3, -0.25) is 0 Å². The maximum atomic E-state index is 6.45. The van der Waals surface area contributed by atoms with Crippen LogP contribution in [0.3, 0.4) is 0 Å². The molecule has 3 aromatic carbocycles. The van der Waals surface area contributed by atoms with Gasteiger partial charge < -0.3 is 19.6 Å². The molecule has 3 aliphatic rings. The third kappa shape index (κ3) is 2.82. The molecule has 5 heteroatoms. The fourth-order valence-electron chi connectivity index (χ4n) is 4.36. The van der Waals surface area contributed by atoms with Gasteiger partial charge in [0.25, 0.3) is 0 Å². The van der Waals surface area contributed by atoms with Crippen molar-refractivity contribution in [3.8, 4) is 17.2 Å². The molecule has 0 fully saturated rings. The third-order valence-corrected chi connectivity index (χ3v) is 5.78. The Kier molecular flexibility index (Phi) is 3.96. The third-order valence-electron chi connectivity index (χ3n) is 5.78. The Morgan fingerprint density at radius 3 is 2.63 bits per heavy atom. The largest absolute Gasteiger partial charge is 0.486 e. The molecule has 0 radical (unpaired) electrons. The van der Waals surface area contributed by atoms with Crippen LogP contribution >= 0.6 is 0 Å². The normalized spacial score (nSPS) is 21.7. The summed E-state index contributed by atoms with van der Waals surface area (Å²) in [4.78, 5) is 0. The van der Waals surface area contributed by atoms with Gasteiger partial charge in [0.1, 0.15) is 19.0 Å². The van der Waals surface area contributed by atoms with Crippen molar-refractivity contribution < 1.29 is 14.2 Å². The number of hydrogen-bond donors (Lipinski definition) is 1. The molecule has 0 saturated heterocycles. The van der Waals surface area contributed by atoms with E-state index in [1.165, 1.54) is 5.56 Å². The van der Waals surface area contributed by atoms with Crippen LogP contribution in [0.25, 0.3) is 5.70 Å². The van der Waals surface area contributed by atoms with Crippen LogP contribution in [0, 0.1) is 6.92 Å². The summed E-state index contributed by atoms with van der Waals surface area (Å²) < 4.78 is 17.9. The minimum absolute atomic E-state index is 0.0728. The van der Waals surface area contributed by atoms with E-state index < -0.39 is 0 Å². The summed E-state index contributed by atoms with van der Waals surface area (Å²) >= 11 is 0. The molecule has 0 aliphatic carbocycles. The summed E-state index contributed by atoms with van der Waals surface area (Å²) in [7, 11) is 0. The van der Waals surface area contributed by atoms with Crippen molar-refractivity contribution in [1.29, 1.82) is 0 Å². The number of para-hydroxylation sites is 1. The lowest BCUT2D eigenvalue weighted by Gasteiger charge is -2.39. The predicted molar refractivity (Wildman–Crippen MR) is 114 cm³/mol. The van der Waals surface area contributed by atoms with Gasteiger partial charge in [0.2, 0.25) is 0 Å². The molecule has 5 nitrogen and oxygen atoms in total. The van der Waals surface area contributed by atoms with Crippen molar-refractivity contribution in [2.24, 2.45) is 0 Å². The highest BCUT2D eigenvalue weighted by Gasteiger charge is 2.40. The number of nitrogens with zero attached hydrogens (tertiary/aromatic N) is 1. The molecule has 6 rings (SSSR count). The van der Waals surface area contributed by atoms with Crippen molar-refractivity contribution in [3.05, 3.63) is 95.1 Å². The number of benzene rings is 3. The Morgan fingerprint density at radius 1 is 0.867 bits per heavy atom. The number of rotatable bonds is 2. The van der Waals surface area contributed by atoms with Gasteiger partial charge in [-0.25, -0.2) is 0 Å². The molecule has 0 unspecified atom stereocenters. The minimum Gasteiger partial charge on any atom is -0.486 e. The number of hydrogen-bond acceptors (Lipinski definition) is 5. The van der Waals surface area contributed by atoms with Crippen LogP contribution in [0.5, 0.6) is 17.2 Å². The molecule has 0 aromatic heterocycles. The zero-order valence-electron chi connectivity index (χ0n) is 16.7. The number of aryl methyl sites for hydroxylation is 1. The fourth-order valence-corrected chi connectivity index (χ4v) is 4.36. The summed E-state index contributed by atoms with van der Waals surface area (Å²) in [5.74, 6) is 2.51. The smallest absolute Gasteiger partial charge is 0.195 e. The summed E-state index contributed by atoms with van der Waals surface area (Å²) in [6.07, 6.45) is 2.03. The first-order valence-corrected chi connectivity index (χ1v) is 10.3. The Labute approximate surface area is 175 Å². The zero-order valence-corrected chi connectivity index (χ0v) is 16.7. The van der Waals surface area contributed by atoms with E-state index in [-0.39, 0.29) is 12.3 Å². The molecular formula is C25H22N2O3. The van der Waals surface area contributed by atoms with E-state index in [2.05, 4.69) is 65.9 Å². The molecule has 2 atom stereocenters. The van der Waals surface area contributed by atoms with Crippen LogP contribution in [0.1, 0.15) is 34.5 Å². The second-order valence-electron chi connectivity index (χ2n) is 7.82. The van der Waals surface area contributed by atoms with Gasteiger partial charge >= 0.3 is 0 Å². The van der Waals surface area contributed by atoms with Crippen molar-refractivity contribution in [2.45, 2.75) is 19.2 Å². The molecule has 30 heavy (non-hydrogen) atoms. The highest BCUT2D eigenvalue weighted by atomic mass is 16.6. The highest BCUT2D eigenvalue weighted by molar-refractivity contribution is 5.70. The molecule has 150 valence electrons. The summed E-state index contributed by atoms with van der Waals surface area (Å²) in [5, 5.41) is 2.18. The number of nitrogens with one attached hydrogen (secondary N) is 1. The number of hydrazine groups is 1. The quantitative estimate of drug-likeness (QED) is 0.674. The molecule has 0 saturated carbocycles. The fraction of sp³-hybridized carbons (Fsp3) is 0.200. The van der Waals surface area contributed by atoms with Gasteiger partial charge in [-0.05, 0) is 37.3 Å². The predicted octanol–water partition coefficient (Wildman–Crippen LogP) is 4.76. The molecule has 3 heterocycles. The first-order valence-electron chi connectivity index (χ1n) is 10.3. The molecular weight excluding hydrogens is 376 g/mol. The molecule has 0 spiro atoms. The van der Waals surface area contributed by atoms with Gasteiger partial charge in [-0.1, -0.05) is 48.0 Å². The average molecular weight is 398 g/mol. The van der Waals surface area contributed by atoms with Gasteiger partial charge in [0, 0.05) is 16.7 Å². The van der Waals surface area contributed by atoms with E-state index in [4.69, 9.17) is 14.2 Å². The number of ether oxygens (including phenoxy) is 3. The lowest BCUT2D eigenvalue weighted by atomic mass is 10.0. The van der Waals surface area contributed by atoms with Gasteiger partial charge in [-0.15, -0.1) is 0 Å². The topological polar surface area (TPSA) is 43.0 Å². The van der Waals surface area contributed by atoms with Crippen LogP contribution < -0.4 is 19.6 Å².